The van der Waals surface area contributed by atoms with Gasteiger partial charge < -0.3 is 30.2 Å². The van der Waals surface area contributed by atoms with Crippen LogP contribution >= 0.6 is 0 Å². The first-order valence-electron chi connectivity index (χ1n) is 10.0. The molecule has 3 N–H and O–H groups in total. The van der Waals surface area contributed by atoms with E-state index in [2.05, 4.69) is 16.0 Å². The fourth-order valence-corrected chi connectivity index (χ4v) is 2.68. The number of hydrogen-bond acceptors (Lipinski definition) is 6. The molecule has 0 aliphatic heterocycles. The Bertz CT molecular complexity index is 954. The predicted octanol–water partition coefficient (Wildman–Crippen LogP) is 3.81. The lowest BCUT2D eigenvalue weighted by Gasteiger charge is -2.19. The van der Waals surface area contributed by atoms with Crippen molar-refractivity contribution in [3.05, 3.63) is 48.0 Å². The first kappa shape index (κ1) is 24.5. The Morgan fingerprint density at radius 2 is 1.44 bits per heavy atom. The summed E-state index contributed by atoms with van der Waals surface area (Å²) in [5, 5.41) is 8.03. The maximum absolute atomic E-state index is 12.5. The van der Waals surface area contributed by atoms with Gasteiger partial charge in [-0.3, -0.25) is 9.59 Å². The number of carbonyl (C=O) groups is 3. The highest BCUT2D eigenvalue weighted by Gasteiger charge is 2.18. The quantitative estimate of drug-likeness (QED) is 0.572. The molecule has 9 nitrogen and oxygen atoms in total. The maximum atomic E-state index is 12.5. The summed E-state index contributed by atoms with van der Waals surface area (Å²) < 4.78 is 15.9. The number of carbonyl (C=O) groups excluding carboxylic acids is 3. The van der Waals surface area contributed by atoms with Gasteiger partial charge in [-0.2, -0.15) is 0 Å². The summed E-state index contributed by atoms with van der Waals surface area (Å²) in [6, 6.07) is 11.9. The Hall–Kier alpha value is -3.75. The minimum absolute atomic E-state index is 0.0250. The van der Waals surface area contributed by atoms with Crippen molar-refractivity contribution in [3.8, 4) is 11.5 Å². The van der Waals surface area contributed by atoms with E-state index in [-0.39, 0.29) is 24.8 Å². The lowest BCUT2D eigenvalue weighted by molar-refractivity contribution is -0.116. The van der Waals surface area contributed by atoms with Gasteiger partial charge in [0.05, 0.1) is 25.6 Å². The normalized spacial score (nSPS) is 10.7. The molecule has 0 saturated carbocycles. The number of rotatable bonds is 8. The van der Waals surface area contributed by atoms with E-state index >= 15 is 0 Å². The monoisotopic (exact) mass is 443 g/mol. The highest BCUT2D eigenvalue weighted by molar-refractivity contribution is 6.05. The first-order chi connectivity index (χ1) is 15.1. The lowest BCUT2D eigenvalue weighted by Crippen LogP contribution is -2.34. The Balaban J connectivity index is 2.05. The van der Waals surface area contributed by atoms with Gasteiger partial charge in [0.1, 0.15) is 17.1 Å². The molecular formula is C23H29N3O6. The second-order valence-corrected chi connectivity index (χ2v) is 7.80. The van der Waals surface area contributed by atoms with E-state index in [4.69, 9.17) is 14.2 Å². The van der Waals surface area contributed by atoms with Crippen molar-refractivity contribution in [2.75, 3.05) is 31.4 Å². The van der Waals surface area contributed by atoms with Crippen LogP contribution < -0.4 is 25.4 Å². The van der Waals surface area contributed by atoms with Crippen LogP contribution in [0.1, 0.15) is 37.6 Å². The molecule has 0 aromatic heterocycles. The summed E-state index contributed by atoms with van der Waals surface area (Å²) in [6.45, 7) is 5.37. The van der Waals surface area contributed by atoms with Crippen LogP contribution in [0.4, 0.5) is 16.2 Å². The van der Waals surface area contributed by atoms with Crippen LogP contribution in [0.25, 0.3) is 0 Å². The molecule has 2 aromatic carbocycles. The molecule has 0 atom stereocenters. The van der Waals surface area contributed by atoms with E-state index in [1.165, 1.54) is 14.2 Å². The number of nitrogens with one attached hydrogen (secondary N) is 3. The standard InChI is InChI=1S/C23H29N3O6/c1-23(2,3)32-22(29)24-12-11-20(27)25-16-13-19(31-5)17(14-18(16)30-4)26-21(28)15-9-7-6-8-10-15/h6-10,13-14H,11-12H2,1-5H3,(H,24,29)(H,25,27)(H,26,28). The van der Waals surface area contributed by atoms with E-state index in [9.17, 15) is 14.4 Å². The van der Waals surface area contributed by atoms with Crippen molar-refractivity contribution in [2.24, 2.45) is 0 Å². The van der Waals surface area contributed by atoms with Crippen LogP contribution in [0.5, 0.6) is 11.5 Å². The number of ether oxygens (including phenoxy) is 3. The first-order valence-corrected chi connectivity index (χ1v) is 10.0. The second-order valence-electron chi connectivity index (χ2n) is 7.80. The Morgan fingerprint density at radius 1 is 0.875 bits per heavy atom. The van der Waals surface area contributed by atoms with Crippen molar-refractivity contribution in [1.29, 1.82) is 0 Å². The van der Waals surface area contributed by atoms with Crippen LogP contribution in [-0.4, -0.2) is 44.3 Å². The molecule has 32 heavy (non-hydrogen) atoms. The number of benzene rings is 2. The highest BCUT2D eigenvalue weighted by Crippen LogP contribution is 2.36. The summed E-state index contributed by atoms with van der Waals surface area (Å²) in [7, 11) is 2.90. The van der Waals surface area contributed by atoms with E-state index in [0.29, 0.717) is 28.4 Å². The average molecular weight is 444 g/mol. The third-order valence-electron chi connectivity index (χ3n) is 4.10. The molecule has 0 spiro atoms. The molecule has 0 fully saturated rings. The van der Waals surface area contributed by atoms with Crippen molar-refractivity contribution < 1.29 is 28.6 Å². The van der Waals surface area contributed by atoms with E-state index in [1.807, 2.05) is 6.07 Å². The van der Waals surface area contributed by atoms with Crippen LogP contribution in [0.3, 0.4) is 0 Å². The molecule has 0 unspecified atom stereocenters. The maximum Gasteiger partial charge on any atom is 0.407 e. The molecule has 0 heterocycles. The van der Waals surface area contributed by atoms with Crippen LogP contribution in [0.15, 0.2) is 42.5 Å². The zero-order valence-corrected chi connectivity index (χ0v) is 18.9. The van der Waals surface area contributed by atoms with Crippen LogP contribution in [0, 0.1) is 0 Å². The summed E-state index contributed by atoms with van der Waals surface area (Å²) in [5.41, 5.74) is 0.629. The van der Waals surface area contributed by atoms with Crippen molar-refractivity contribution in [1.82, 2.24) is 5.32 Å². The molecule has 0 radical (unpaired) electrons. The number of anilines is 2. The minimum atomic E-state index is -0.617. The Kier molecular flexibility index (Phi) is 8.46. The van der Waals surface area contributed by atoms with Crippen molar-refractivity contribution in [3.63, 3.8) is 0 Å². The SMILES string of the molecule is COc1cc(NC(=O)c2ccccc2)c(OC)cc1NC(=O)CCNC(=O)OC(C)(C)C. The zero-order chi connectivity index (χ0) is 23.7. The minimum Gasteiger partial charge on any atom is -0.494 e. The smallest absolute Gasteiger partial charge is 0.407 e. The van der Waals surface area contributed by atoms with Gasteiger partial charge in [0.25, 0.3) is 5.91 Å². The summed E-state index contributed by atoms with van der Waals surface area (Å²) in [5.74, 6) is 0.0262. The van der Waals surface area contributed by atoms with E-state index in [1.54, 1.807) is 57.2 Å². The van der Waals surface area contributed by atoms with Crippen LogP contribution in [0.2, 0.25) is 0 Å². The highest BCUT2D eigenvalue weighted by atomic mass is 16.6. The molecule has 2 rings (SSSR count). The van der Waals surface area contributed by atoms with E-state index < -0.39 is 11.7 Å². The van der Waals surface area contributed by atoms with Gasteiger partial charge in [0, 0.05) is 30.7 Å². The molecule has 3 amide bonds. The van der Waals surface area contributed by atoms with Gasteiger partial charge >= 0.3 is 6.09 Å². The Labute approximate surface area is 187 Å². The van der Waals surface area contributed by atoms with Crippen molar-refractivity contribution in [2.45, 2.75) is 32.8 Å². The number of methoxy groups -OCH3 is 2. The van der Waals surface area contributed by atoms with Crippen molar-refractivity contribution >= 4 is 29.3 Å². The molecule has 0 aliphatic rings. The molecule has 172 valence electrons. The fourth-order valence-electron chi connectivity index (χ4n) is 2.68. The lowest BCUT2D eigenvalue weighted by atomic mass is 10.2. The summed E-state index contributed by atoms with van der Waals surface area (Å²) >= 11 is 0. The molecule has 9 heteroatoms. The predicted molar refractivity (Wildman–Crippen MR) is 121 cm³/mol. The topological polar surface area (TPSA) is 115 Å². The van der Waals surface area contributed by atoms with Gasteiger partial charge in [-0.25, -0.2) is 4.79 Å². The number of hydrogen-bond donors (Lipinski definition) is 3. The fraction of sp³-hybridized carbons (Fsp3) is 0.348. The second kappa shape index (κ2) is 11.0. The summed E-state index contributed by atoms with van der Waals surface area (Å²) in [4.78, 5) is 36.5. The van der Waals surface area contributed by atoms with E-state index in [0.717, 1.165) is 0 Å². The van der Waals surface area contributed by atoms with Crippen LogP contribution in [-0.2, 0) is 9.53 Å². The zero-order valence-electron chi connectivity index (χ0n) is 18.9. The van der Waals surface area contributed by atoms with Gasteiger partial charge in [-0.1, -0.05) is 18.2 Å². The van der Waals surface area contributed by atoms with Gasteiger partial charge in [0.15, 0.2) is 0 Å². The molecular weight excluding hydrogens is 414 g/mol. The Morgan fingerprint density at radius 3 is 1.97 bits per heavy atom. The molecule has 0 aliphatic carbocycles. The third-order valence-corrected chi connectivity index (χ3v) is 4.10. The van der Waals surface area contributed by atoms with Gasteiger partial charge in [-0.05, 0) is 32.9 Å². The average Bonchev–Trinajstić information content (AvgIpc) is 2.73. The van der Waals surface area contributed by atoms with Gasteiger partial charge in [0.2, 0.25) is 5.91 Å². The molecule has 0 saturated heterocycles. The molecule has 0 bridgehead atoms. The van der Waals surface area contributed by atoms with Gasteiger partial charge in [-0.15, -0.1) is 0 Å². The number of alkyl carbamates (subject to hydrolysis) is 1. The largest absolute Gasteiger partial charge is 0.494 e. The third kappa shape index (κ3) is 7.50. The number of amides is 3. The molecule has 2 aromatic rings. The summed E-state index contributed by atoms with van der Waals surface area (Å²) in [6.07, 6.45) is -0.569.